The first kappa shape index (κ1) is 26.6. The molecule has 1 heterocycles. The molecule has 0 saturated carbocycles. The van der Waals surface area contributed by atoms with Crippen LogP contribution in [0.1, 0.15) is 56.6 Å². The van der Waals surface area contributed by atoms with E-state index >= 15 is 0 Å². The van der Waals surface area contributed by atoms with Gasteiger partial charge in [0, 0.05) is 19.1 Å². The van der Waals surface area contributed by atoms with E-state index in [2.05, 4.69) is 17.6 Å². The van der Waals surface area contributed by atoms with Gasteiger partial charge in [-0.05, 0) is 24.5 Å². The highest BCUT2D eigenvalue weighted by Crippen LogP contribution is 2.34. The number of alkyl halides is 3. The summed E-state index contributed by atoms with van der Waals surface area (Å²) >= 11 is 0.976. The summed E-state index contributed by atoms with van der Waals surface area (Å²) in [5.74, 6) is 0.911. The molecule has 1 unspecified atom stereocenters. The Morgan fingerprint density at radius 3 is 2.42 bits per heavy atom. The van der Waals surface area contributed by atoms with Gasteiger partial charge in [0.1, 0.15) is 11.6 Å². The summed E-state index contributed by atoms with van der Waals surface area (Å²) in [6.07, 6.45) is 7.70. The molecule has 8 heteroatoms. The van der Waals surface area contributed by atoms with Crippen molar-refractivity contribution < 1.29 is 22.8 Å². The molecule has 1 aliphatic rings. The van der Waals surface area contributed by atoms with Crippen molar-refractivity contribution in [1.29, 1.82) is 0 Å². The number of unbranched alkanes of at least 4 members (excludes halogenated alkanes) is 4. The van der Waals surface area contributed by atoms with E-state index in [0.29, 0.717) is 5.56 Å². The van der Waals surface area contributed by atoms with Crippen LogP contribution in [0.15, 0.2) is 29.8 Å². The van der Waals surface area contributed by atoms with Gasteiger partial charge in [0.2, 0.25) is 0 Å². The van der Waals surface area contributed by atoms with Gasteiger partial charge < -0.3 is 5.32 Å². The lowest BCUT2D eigenvalue weighted by Crippen LogP contribution is -2.50. The second-order valence-corrected chi connectivity index (χ2v) is 7.75. The smallest absolute Gasteiger partial charge is 0.340 e. The molecule has 2 rings (SSSR count). The predicted octanol–water partition coefficient (Wildman–Crippen LogP) is 5.18. The highest BCUT2D eigenvalue weighted by atomic mass is 32.2. The van der Waals surface area contributed by atoms with E-state index in [1.165, 1.54) is 25.7 Å². The van der Waals surface area contributed by atoms with Crippen LogP contribution in [0.25, 0.3) is 5.57 Å². The summed E-state index contributed by atoms with van der Waals surface area (Å²) in [6.45, 7) is 4.04. The number of carbonyl (C=O) groups excluding carboxylic acids is 2. The number of benzene rings is 1. The molecular weight excluding hydrogens is 425 g/mol. The summed E-state index contributed by atoms with van der Waals surface area (Å²) < 4.78 is 41.4. The Bertz CT molecular complexity index is 812. The van der Waals surface area contributed by atoms with Gasteiger partial charge in [-0.1, -0.05) is 68.0 Å². The van der Waals surface area contributed by atoms with Gasteiger partial charge in [-0.3, -0.25) is 14.3 Å². The molecule has 170 valence electrons. The number of hydrogen-bond acceptors (Lipinski definition) is 3. The monoisotopic (exact) mass is 454 g/mol. The maximum absolute atomic E-state index is 13.0. The minimum Gasteiger partial charge on any atom is -0.340 e. The van der Waals surface area contributed by atoms with Crippen LogP contribution in [0.4, 0.5) is 13.2 Å². The highest BCUT2D eigenvalue weighted by molar-refractivity contribution is 7.97. The lowest BCUT2D eigenvalue weighted by Gasteiger charge is -2.29. The zero-order valence-electron chi connectivity index (χ0n) is 18.1. The second-order valence-electron chi connectivity index (χ2n) is 7.14. The topological polar surface area (TPSA) is 58.2 Å². The van der Waals surface area contributed by atoms with Crippen LogP contribution in [0.5, 0.6) is 0 Å². The average Bonchev–Trinajstić information content (AvgIpc) is 2.71. The molecule has 0 spiro atoms. The number of amides is 2. The van der Waals surface area contributed by atoms with Crippen molar-refractivity contribution >= 4 is 29.3 Å². The maximum atomic E-state index is 13.0. The molecule has 1 aromatic rings. The zero-order chi connectivity index (χ0) is 23.4. The quantitative estimate of drug-likeness (QED) is 0.258. The average molecular weight is 455 g/mol. The minimum atomic E-state index is -4.58. The summed E-state index contributed by atoms with van der Waals surface area (Å²) in [4.78, 5) is 24.2. The fourth-order valence-corrected chi connectivity index (χ4v) is 3.26. The van der Waals surface area contributed by atoms with Gasteiger partial charge in [0.05, 0.1) is 0 Å². The van der Waals surface area contributed by atoms with Crippen LogP contribution >= 0.6 is 11.9 Å². The highest BCUT2D eigenvalue weighted by Gasteiger charge is 2.45. The van der Waals surface area contributed by atoms with Crippen LogP contribution < -0.4 is 10.0 Å². The number of halogens is 3. The van der Waals surface area contributed by atoms with Gasteiger partial charge in [0.25, 0.3) is 11.8 Å². The Morgan fingerprint density at radius 2 is 1.90 bits per heavy atom. The molecule has 0 bridgehead atoms. The van der Waals surface area contributed by atoms with Gasteiger partial charge in [-0.15, -0.1) is 12.3 Å². The van der Waals surface area contributed by atoms with E-state index < -0.39 is 30.5 Å². The Balaban J connectivity index is 0.000000512. The molecule has 0 aliphatic carbocycles. The molecule has 0 radical (unpaired) electrons. The third kappa shape index (κ3) is 8.70. The number of hydrogen-bond donors (Lipinski definition) is 2. The van der Waals surface area contributed by atoms with Crippen LogP contribution in [0.3, 0.4) is 0 Å². The fourth-order valence-electron chi connectivity index (χ4n) is 2.98. The Hall–Kier alpha value is -2.40. The SMILES string of the molecule is C#CCCCCCC.CSNC(=O)C1=C(c2ccc(C)cc2)CC(C(F)(F)F)NC1=O. The maximum Gasteiger partial charge on any atom is 0.408 e. The van der Waals surface area contributed by atoms with E-state index in [9.17, 15) is 22.8 Å². The molecule has 1 aromatic carbocycles. The molecule has 4 nitrogen and oxygen atoms in total. The Labute approximate surface area is 186 Å². The molecule has 31 heavy (non-hydrogen) atoms. The van der Waals surface area contributed by atoms with E-state index in [-0.39, 0.29) is 11.1 Å². The minimum absolute atomic E-state index is 0.0997. The molecule has 1 aliphatic heterocycles. The number of nitrogens with one attached hydrogen (secondary N) is 2. The summed E-state index contributed by atoms with van der Waals surface area (Å²) in [6, 6.07) is 4.67. The molecule has 2 amide bonds. The number of rotatable bonds is 7. The van der Waals surface area contributed by atoms with E-state index in [0.717, 1.165) is 23.9 Å². The van der Waals surface area contributed by atoms with E-state index in [1.54, 1.807) is 30.5 Å². The lowest BCUT2D eigenvalue weighted by molar-refractivity contribution is -0.160. The van der Waals surface area contributed by atoms with Crippen molar-refractivity contribution in [1.82, 2.24) is 10.0 Å². The van der Waals surface area contributed by atoms with Crippen molar-refractivity contribution in [2.75, 3.05) is 6.26 Å². The van der Waals surface area contributed by atoms with E-state index in [1.807, 2.05) is 12.2 Å². The van der Waals surface area contributed by atoms with Gasteiger partial charge in [-0.2, -0.15) is 13.2 Å². The van der Waals surface area contributed by atoms with E-state index in [4.69, 9.17) is 6.42 Å². The molecule has 2 N–H and O–H groups in total. The third-order valence-corrected chi connectivity index (χ3v) is 5.02. The molecule has 1 atom stereocenters. The number of terminal acetylenes is 1. The molecule has 0 fully saturated rings. The lowest BCUT2D eigenvalue weighted by atomic mass is 9.89. The first-order chi connectivity index (χ1) is 14.6. The van der Waals surface area contributed by atoms with Crippen LogP contribution in [0.2, 0.25) is 0 Å². The number of aryl methyl sites for hydroxylation is 1. The molecule has 0 saturated heterocycles. The summed E-state index contributed by atoms with van der Waals surface area (Å²) in [5, 5.41) is 1.86. The van der Waals surface area contributed by atoms with Crippen molar-refractivity contribution in [3.8, 4) is 12.3 Å². The van der Waals surface area contributed by atoms with Crippen molar-refractivity contribution in [3.63, 3.8) is 0 Å². The van der Waals surface area contributed by atoms with Gasteiger partial charge >= 0.3 is 6.18 Å². The normalized spacial score (nSPS) is 16.0. The second kappa shape index (κ2) is 13.1. The largest absolute Gasteiger partial charge is 0.408 e. The van der Waals surface area contributed by atoms with Crippen LogP contribution in [-0.2, 0) is 9.59 Å². The van der Waals surface area contributed by atoms with Gasteiger partial charge in [0.15, 0.2) is 0 Å². The fraction of sp³-hybridized carbons (Fsp3) is 0.478. The van der Waals surface area contributed by atoms with Crippen molar-refractivity contribution in [2.24, 2.45) is 0 Å². The Morgan fingerprint density at radius 1 is 1.26 bits per heavy atom. The van der Waals surface area contributed by atoms with Gasteiger partial charge in [-0.25, -0.2) is 0 Å². The number of carbonyl (C=O) groups is 2. The summed E-state index contributed by atoms with van der Waals surface area (Å²) in [7, 11) is 0. The first-order valence-corrected chi connectivity index (χ1v) is 11.3. The van der Waals surface area contributed by atoms with Crippen molar-refractivity contribution in [3.05, 3.63) is 41.0 Å². The third-order valence-electron chi connectivity index (χ3n) is 4.63. The molecule has 0 aromatic heterocycles. The van der Waals surface area contributed by atoms with Crippen molar-refractivity contribution in [2.45, 2.75) is 64.6 Å². The standard InChI is InChI=1S/C15H15F3N2O2S.C8H14/c1-8-3-5-9(6-4-8)10-7-11(15(16,17)18)19-13(21)12(10)14(22)20-23-2;1-3-5-7-8-6-4-2/h3-6,11H,7H2,1-2H3,(H,19,21)(H,20,22);1H,4-8H2,2H3. The first-order valence-electron chi connectivity index (χ1n) is 10.1. The molecular formula is C23H29F3N2O2S. The zero-order valence-corrected chi connectivity index (χ0v) is 18.9. The Kier molecular flexibility index (Phi) is 11.3. The van der Waals surface area contributed by atoms with Crippen LogP contribution in [0, 0.1) is 19.3 Å². The van der Waals surface area contributed by atoms with Crippen LogP contribution in [-0.4, -0.2) is 30.3 Å². The summed E-state index contributed by atoms with van der Waals surface area (Å²) in [5.41, 5.74) is 1.19. The predicted molar refractivity (Wildman–Crippen MR) is 120 cm³/mol.